The Morgan fingerprint density at radius 2 is 1.31 bits per heavy atom. The molecule has 0 spiro atoms. The lowest BCUT2D eigenvalue weighted by Crippen LogP contribution is -2.09. The summed E-state index contributed by atoms with van der Waals surface area (Å²) in [5, 5.41) is 0.542. The van der Waals surface area contributed by atoms with E-state index < -0.39 is 11.9 Å². The SMILES string of the molecule is O=C(OCc1ccccc1)c1ccc(OC(=O)c2ccc(Cl)cc2)cc1. The Labute approximate surface area is 155 Å². The van der Waals surface area contributed by atoms with Crippen molar-refractivity contribution in [1.82, 2.24) is 0 Å². The van der Waals surface area contributed by atoms with Crippen LogP contribution in [-0.2, 0) is 11.3 Å². The third kappa shape index (κ3) is 4.71. The largest absolute Gasteiger partial charge is 0.457 e. The maximum absolute atomic E-state index is 12.1. The lowest BCUT2D eigenvalue weighted by Gasteiger charge is -2.07. The Bertz CT molecular complexity index is 888. The van der Waals surface area contributed by atoms with E-state index in [1.165, 1.54) is 0 Å². The van der Waals surface area contributed by atoms with Crippen LogP contribution in [0.15, 0.2) is 78.9 Å². The molecular weight excluding hydrogens is 352 g/mol. The van der Waals surface area contributed by atoms with Crippen molar-refractivity contribution in [3.8, 4) is 5.75 Å². The highest BCUT2D eigenvalue weighted by Gasteiger charge is 2.11. The van der Waals surface area contributed by atoms with Gasteiger partial charge < -0.3 is 9.47 Å². The number of hydrogen-bond acceptors (Lipinski definition) is 4. The predicted octanol–water partition coefficient (Wildman–Crippen LogP) is 4.92. The smallest absolute Gasteiger partial charge is 0.343 e. The van der Waals surface area contributed by atoms with E-state index >= 15 is 0 Å². The number of esters is 2. The predicted molar refractivity (Wildman–Crippen MR) is 98.4 cm³/mol. The first-order valence-electron chi connectivity index (χ1n) is 7.91. The van der Waals surface area contributed by atoms with Crippen LogP contribution in [-0.4, -0.2) is 11.9 Å². The average Bonchev–Trinajstić information content (AvgIpc) is 2.68. The van der Waals surface area contributed by atoms with E-state index in [1.54, 1.807) is 48.5 Å². The molecule has 0 saturated carbocycles. The summed E-state index contributed by atoms with van der Waals surface area (Å²) < 4.78 is 10.5. The van der Waals surface area contributed by atoms with Crippen molar-refractivity contribution >= 4 is 23.5 Å². The molecule has 3 aromatic rings. The second-order valence-electron chi connectivity index (χ2n) is 5.48. The molecular formula is C21H15ClO4. The van der Waals surface area contributed by atoms with Gasteiger partial charge in [-0.15, -0.1) is 0 Å². The van der Waals surface area contributed by atoms with Crippen molar-refractivity contribution in [3.05, 3.63) is 101 Å². The highest BCUT2D eigenvalue weighted by Crippen LogP contribution is 2.16. The maximum Gasteiger partial charge on any atom is 0.343 e. The van der Waals surface area contributed by atoms with E-state index in [9.17, 15) is 9.59 Å². The molecule has 0 aliphatic heterocycles. The molecule has 0 atom stereocenters. The summed E-state index contributed by atoms with van der Waals surface area (Å²) in [6.07, 6.45) is 0. The number of halogens is 1. The van der Waals surface area contributed by atoms with Crippen LogP contribution < -0.4 is 4.74 Å². The third-order valence-electron chi connectivity index (χ3n) is 3.59. The third-order valence-corrected chi connectivity index (χ3v) is 3.85. The van der Waals surface area contributed by atoms with Gasteiger partial charge in [-0.3, -0.25) is 0 Å². The fourth-order valence-corrected chi connectivity index (χ4v) is 2.34. The molecule has 0 unspecified atom stereocenters. The van der Waals surface area contributed by atoms with Gasteiger partial charge >= 0.3 is 11.9 Å². The summed E-state index contributed by atoms with van der Waals surface area (Å²) in [7, 11) is 0. The number of rotatable bonds is 5. The van der Waals surface area contributed by atoms with E-state index in [0.717, 1.165) is 5.56 Å². The van der Waals surface area contributed by atoms with E-state index in [1.807, 2.05) is 30.3 Å². The van der Waals surface area contributed by atoms with Crippen molar-refractivity contribution in [2.75, 3.05) is 0 Å². The number of carbonyl (C=O) groups excluding carboxylic acids is 2. The molecule has 0 radical (unpaired) electrons. The van der Waals surface area contributed by atoms with E-state index in [0.29, 0.717) is 21.9 Å². The average molecular weight is 367 g/mol. The zero-order valence-corrected chi connectivity index (χ0v) is 14.5. The molecule has 3 rings (SSSR count). The molecule has 0 saturated heterocycles. The summed E-state index contributed by atoms with van der Waals surface area (Å²) in [6.45, 7) is 0.201. The Balaban J connectivity index is 1.58. The second kappa shape index (κ2) is 8.32. The van der Waals surface area contributed by atoms with Crippen LogP contribution in [0.3, 0.4) is 0 Å². The molecule has 0 aromatic heterocycles. The molecule has 5 heteroatoms. The minimum absolute atomic E-state index is 0.201. The van der Waals surface area contributed by atoms with Crippen LogP contribution in [0, 0.1) is 0 Å². The molecule has 26 heavy (non-hydrogen) atoms. The standard InChI is InChI=1S/C21H15ClO4/c22-18-10-6-17(7-11-18)21(24)26-19-12-8-16(9-13-19)20(23)25-14-15-4-2-1-3-5-15/h1-13H,14H2. The van der Waals surface area contributed by atoms with E-state index in [-0.39, 0.29) is 6.61 Å². The van der Waals surface area contributed by atoms with Gasteiger partial charge in [-0.2, -0.15) is 0 Å². The monoisotopic (exact) mass is 366 g/mol. The van der Waals surface area contributed by atoms with Crippen LogP contribution in [0.1, 0.15) is 26.3 Å². The van der Waals surface area contributed by atoms with Gasteiger partial charge in [0.25, 0.3) is 0 Å². The molecule has 0 N–H and O–H groups in total. The van der Waals surface area contributed by atoms with Gasteiger partial charge in [0.2, 0.25) is 0 Å². The molecule has 0 aliphatic rings. The lowest BCUT2D eigenvalue weighted by molar-refractivity contribution is 0.0472. The minimum atomic E-state index is -0.499. The summed E-state index contributed by atoms with van der Waals surface area (Å²) in [6, 6.07) is 22.0. The molecule has 0 heterocycles. The minimum Gasteiger partial charge on any atom is -0.457 e. The first-order chi connectivity index (χ1) is 12.6. The Hall–Kier alpha value is -3.11. The van der Waals surface area contributed by atoms with Gasteiger partial charge in [0.05, 0.1) is 11.1 Å². The van der Waals surface area contributed by atoms with E-state index in [4.69, 9.17) is 21.1 Å². The molecule has 0 amide bonds. The topological polar surface area (TPSA) is 52.6 Å². The first kappa shape index (κ1) is 17.7. The van der Waals surface area contributed by atoms with Gasteiger partial charge in [0.1, 0.15) is 12.4 Å². The van der Waals surface area contributed by atoms with Gasteiger partial charge in [0.15, 0.2) is 0 Å². The van der Waals surface area contributed by atoms with Crippen LogP contribution in [0.4, 0.5) is 0 Å². The van der Waals surface area contributed by atoms with Crippen LogP contribution in [0.25, 0.3) is 0 Å². The van der Waals surface area contributed by atoms with Crippen LogP contribution in [0.5, 0.6) is 5.75 Å². The van der Waals surface area contributed by atoms with Crippen LogP contribution in [0.2, 0.25) is 5.02 Å². The number of ether oxygens (including phenoxy) is 2. The number of benzene rings is 3. The summed E-state index contributed by atoms with van der Waals surface area (Å²) in [5.74, 6) is -0.602. The first-order valence-corrected chi connectivity index (χ1v) is 8.28. The fourth-order valence-electron chi connectivity index (χ4n) is 2.22. The van der Waals surface area contributed by atoms with Gasteiger partial charge in [-0.25, -0.2) is 9.59 Å². The lowest BCUT2D eigenvalue weighted by atomic mass is 10.2. The van der Waals surface area contributed by atoms with Gasteiger partial charge in [0, 0.05) is 5.02 Å². The molecule has 4 nitrogen and oxygen atoms in total. The quantitative estimate of drug-likeness (QED) is 0.475. The van der Waals surface area contributed by atoms with Crippen molar-refractivity contribution in [2.24, 2.45) is 0 Å². The van der Waals surface area contributed by atoms with E-state index in [2.05, 4.69) is 0 Å². The number of carbonyl (C=O) groups is 2. The Morgan fingerprint density at radius 3 is 1.96 bits per heavy atom. The molecule has 0 aliphatic carbocycles. The second-order valence-corrected chi connectivity index (χ2v) is 5.92. The Kier molecular flexibility index (Phi) is 5.66. The van der Waals surface area contributed by atoms with Gasteiger partial charge in [-0.05, 0) is 54.1 Å². The fraction of sp³-hybridized carbons (Fsp3) is 0.0476. The summed E-state index contributed by atoms with van der Waals surface area (Å²) >= 11 is 5.79. The zero-order chi connectivity index (χ0) is 18.4. The van der Waals surface area contributed by atoms with Crippen molar-refractivity contribution in [1.29, 1.82) is 0 Å². The zero-order valence-electron chi connectivity index (χ0n) is 13.7. The maximum atomic E-state index is 12.1. The van der Waals surface area contributed by atoms with Crippen molar-refractivity contribution in [2.45, 2.75) is 6.61 Å². The normalized spacial score (nSPS) is 10.2. The van der Waals surface area contributed by atoms with Crippen LogP contribution >= 0.6 is 11.6 Å². The summed E-state index contributed by atoms with van der Waals surface area (Å²) in [5.41, 5.74) is 1.68. The molecule has 0 fully saturated rings. The molecule has 3 aromatic carbocycles. The van der Waals surface area contributed by atoms with Crippen molar-refractivity contribution < 1.29 is 19.1 Å². The summed E-state index contributed by atoms with van der Waals surface area (Å²) in [4.78, 5) is 24.1. The highest BCUT2D eigenvalue weighted by atomic mass is 35.5. The Morgan fingerprint density at radius 1 is 0.731 bits per heavy atom. The van der Waals surface area contributed by atoms with Crippen molar-refractivity contribution in [3.63, 3.8) is 0 Å². The molecule has 130 valence electrons. The molecule has 0 bridgehead atoms. The highest BCUT2D eigenvalue weighted by molar-refractivity contribution is 6.30. The van der Waals surface area contributed by atoms with Gasteiger partial charge in [-0.1, -0.05) is 41.9 Å². The number of hydrogen-bond donors (Lipinski definition) is 0.